The van der Waals surface area contributed by atoms with Crippen molar-refractivity contribution in [3.8, 4) is 11.5 Å². The fourth-order valence-electron chi connectivity index (χ4n) is 2.88. The Hall–Kier alpha value is -2.35. The van der Waals surface area contributed by atoms with Crippen molar-refractivity contribution >= 4 is 17.6 Å². The number of halogens is 2. The largest absolute Gasteiger partial charge is 0.497 e. The van der Waals surface area contributed by atoms with Crippen LogP contribution in [0.25, 0.3) is 0 Å². The van der Waals surface area contributed by atoms with E-state index in [0.29, 0.717) is 36.0 Å². The first-order valence-electron chi connectivity index (χ1n) is 9.79. The van der Waals surface area contributed by atoms with Gasteiger partial charge in [-0.05, 0) is 55.8 Å². The Labute approximate surface area is 181 Å². The normalized spacial score (nSPS) is 11.8. The third-order valence-corrected chi connectivity index (χ3v) is 4.77. The van der Waals surface area contributed by atoms with Crippen LogP contribution in [0.1, 0.15) is 31.0 Å². The van der Waals surface area contributed by atoms with Crippen LogP contribution in [-0.2, 0) is 16.1 Å². The second-order valence-electron chi connectivity index (χ2n) is 6.58. The van der Waals surface area contributed by atoms with Crippen LogP contribution in [0.5, 0.6) is 11.5 Å². The van der Waals surface area contributed by atoms with E-state index in [9.17, 15) is 9.18 Å². The molecule has 2 aromatic rings. The molecule has 8 heteroatoms. The van der Waals surface area contributed by atoms with Crippen molar-refractivity contribution < 1.29 is 23.4 Å². The fourth-order valence-corrected chi connectivity index (χ4v) is 3.15. The second kappa shape index (κ2) is 12.4. The van der Waals surface area contributed by atoms with Crippen molar-refractivity contribution in [1.82, 2.24) is 10.6 Å². The molecule has 0 heterocycles. The van der Waals surface area contributed by atoms with Gasteiger partial charge >= 0.3 is 5.97 Å². The van der Waals surface area contributed by atoms with Gasteiger partial charge in [-0.3, -0.25) is 4.79 Å². The molecule has 2 aromatic carbocycles. The molecule has 0 aliphatic carbocycles. The molecule has 0 bridgehead atoms. The lowest BCUT2D eigenvalue weighted by Crippen LogP contribution is -2.33. The standard InChI is InChI=1S/C22H28ClFN2O4/c1-4-29-22(27)13-25-9-10-26-15(2)19-11-16(24)12-21(23)20(19)14-30-18-7-5-17(28-3)6-8-18/h5-8,11-12,15,25-26H,4,9-10,13-14H2,1-3H3/t15-/m0/s1. The Morgan fingerprint density at radius 3 is 2.53 bits per heavy atom. The molecule has 1 atom stereocenters. The van der Waals surface area contributed by atoms with Crippen LogP contribution >= 0.6 is 11.6 Å². The van der Waals surface area contributed by atoms with Crippen molar-refractivity contribution in [2.45, 2.75) is 26.5 Å². The summed E-state index contributed by atoms with van der Waals surface area (Å²) in [6.45, 7) is 5.54. The van der Waals surface area contributed by atoms with Gasteiger partial charge in [-0.25, -0.2) is 4.39 Å². The molecular formula is C22H28ClFN2O4. The molecule has 0 saturated heterocycles. The van der Waals surface area contributed by atoms with E-state index in [0.717, 1.165) is 11.3 Å². The molecule has 0 fully saturated rings. The Bertz CT molecular complexity index is 818. The highest BCUT2D eigenvalue weighted by Gasteiger charge is 2.16. The monoisotopic (exact) mass is 438 g/mol. The molecule has 0 aliphatic heterocycles. The van der Waals surface area contributed by atoms with Crippen LogP contribution in [0.3, 0.4) is 0 Å². The molecule has 0 aromatic heterocycles. The lowest BCUT2D eigenvalue weighted by atomic mass is 10.0. The predicted molar refractivity (Wildman–Crippen MR) is 115 cm³/mol. The van der Waals surface area contributed by atoms with E-state index in [2.05, 4.69) is 10.6 Å². The molecule has 2 rings (SSSR count). The quantitative estimate of drug-likeness (QED) is 0.387. The van der Waals surface area contributed by atoms with Gasteiger partial charge in [0.15, 0.2) is 0 Å². The first kappa shape index (κ1) is 23.9. The number of rotatable bonds is 12. The molecule has 164 valence electrons. The van der Waals surface area contributed by atoms with Crippen LogP contribution in [0.4, 0.5) is 4.39 Å². The van der Waals surface area contributed by atoms with Gasteiger partial charge in [0.1, 0.15) is 23.9 Å². The zero-order valence-electron chi connectivity index (χ0n) is 17.5. The van der Waals surface area contributed by atoms with Crippen molar-refractivity contribution in [1.29, 1.82) is 0 Å². The van der Waals surface area contributed by atoms with Gasteiger partial charge in [-0.15, -0.1) is 0 Å². The molecule has 2 N–H and O–H groups in total. The minimum atomic E-state index is -0.405. The summed E-state index contributed by atoms with van der Waals surface area (Å²) in [5, 5.41) is 6.61. The molecule has 0 spiro atoms. The van der Waals surface area contributed by atoms with Crippen LogP contribution in [-0.4, -0.2) is 39.3 Å². The highest BCUT2D eigenvalue weighted by molar-refractivity contribution is 6.31. The Kier molecular flexibility index (Phi) is 9.86. The minimum Gasteiger partial charge on any atom is -0.497 e. The van der Waals surface area contributed by atoms with E-state index in [1.165, 1.54) is 12.1 Å². The lowest BCUT2D eigenvalue weighted by Gasteiger charge is -2.20. The van der Waals surface area contributed by atoms with E-state index in [-0.39, 0.29) is 25.2 Å². The van der Waals surface area contributed by atoms with E-state index >= 15 is 0 Å². The van der Waals surface area contributed by atoms with Crippen molar-refractivity contribution in [2.24, 2.45) is 0 Å². The summed E-state index contributed by atoms with van der Waals surface area (Å²) in [5.74, 6) is 0.695. The van der Waals surface area contributed by atoms with Gasteiger partial charge in [-0.2, -0.15) is 0 Å². The van der Waals surface area contributed by atoms with Crippen LogP contribution in [0.15, 0.2) is 36.4 Å². The molecular weight excluding hydrogens is 411 g/mol. The van der Waals surface area contributed by atoms with E-state index in [4.69, 9.17) is 25.8 Å². The van der Waals surface area contributed by atoms with Crippen molar-refractivity contribution in [3.63, 3.8) is 0 Å². The summed E-state index contributed by atoms with van der Waals surface area (Å²) in [4.78, 5) is 11.3. The maximum Gasteiger partial charge on any atom is 0.319 e. The number of hydrogen-bond acceptors (Lipinski definition) is 6. The number of benzene rings is 2. The third-order valence-electron chi connectivity index (χ3n) is 4.43. The molecule has 6 nitrogen and oxygen atoms in total. The number of nitrogens with one attached hydrogen (secondary N) is 2. The Morgan fingerprint density at radius 2 is 1.87 bits per heavy atom. The van der Waals surface area contributed by atoms with E-state index < -0.39 is 5.82 Å². The topological polar surface area (TPSA) is 68.8 Å². The summed E-state index contributed by atoms with van der Waals surface area (Å²) in [6.07, 6.45) is 0. The highest BCUT2D eigenvalue weighted by atomic mass is 35.5. The summed E-state index contributed by atoms with van der Waals surface area (Å²) in [7, 11) is 1.60. The van der Waals surface area contributed by atoms with Gasteiger partial charge in [0, 0.05) is 24.7 Å². The number of ether oxygens (including phenoxy) is 3. The molecule has 0 saturated carbocycles. The fraction of sp³-hybridized carbons (Fsp3) is 0.409. The minimum absolute atomic E-state index is 0.149. The van der Waals surface area contributed by atoms with Crippen molar-refractivity contribution in [3.05, 3.63) is 58.4 Å². The summed E-state index contributed by atoms with van der Waals surface area (Å²) >= 11 is 6.31. The highest BCUT2D eigenvalue weighted by Crippen LogP contribution is 2.28. The van der Waals surface area contributed by atoms with Crippen LogP contribution < -0.4 is 20.1 Å². The number of hydrogen-bond donors (Lipinski definition) is 2. The van der Waals surface area contributed by atoms with Gasteiger partial charge in [-0.1, -0.05) is 11.6 Å². The van der Waals surface area contributed by atoms with E-state index in [1.807, 2.05) is 6.92 Å². The average Bonchev–Trinajstić information content (AvgIpc) is 2.72. The van der Waals surface area contributed by atoms with Crippen LogP contribution in [0.2, 0.25) is 5.02 Å². The molecule has 30 heavy (non-hydrogen) atoms. The lowest BCUT2D eigenvalue weighted by molar-refractivity contribution is -0.141. The second-order valence-corrected chi connectivity index (χ2v) is 6.98. The molecule has 0 unspecified atom stereocenters. The number of esters is 1. The Morgan fingerprint density at radius 1 is 1.17 bits per heavy atom. The van der Waals surface area contributed by atoms with Gasteiger partial charge in [0.2, 0.25) is 0 Å². The van der Waals surface area contributed by atoms with Gasteiger partial charge in [0.05, 0.1) is 25.3 Å². The van der Waals surface area contributed by atoms with Gasteiger partial charge in [0.25, 0.3) is 0 Å². The maximum atomic E-state index is 14.0. The van der Waals surface area contributed by atoms with Crippen molar-refractivity contribution in [2.75, 3.05) is 33.4 Å². The number of carbonyl (C=O) groups excluding carboxylic acids is 1. The first-order valence-corrected chi connectivity index (χ1v) is 10.2. The average molecular weight is 439 g/mol. The first-order chi connectivity index (χ1) is 14.4. The number of methoxy groups -OCH3 is 1. The van der Waals surface area contributed by atoms with Crippen LogP contribution in [0, 0.1) is 5.82 Å². The SMILES string of the molecule is CCOC(=O)CNCCN[C@@H](C)c1cc(F)cc(Cl)c1COc1ccc(OC)cc1. The summed E-state index contributed by atoms with van der Waals surface area (Å²) < 4.78 is 29.8. The molecule has 0 amide bonds. The smallest absolute Gasteiger partial charge is 0.319 e. The van der Waals surface area contributed by atoms with E-state index in [1.54, 1.807) is 38.3 Å². The predicted octanol–water partition coefficient (Wildman–Crippen LogP) is 3.87. The van der Waals surface area contributed by atoms with Gasteiger partial charge < -0.3 is 24.8 Å². The molecule has 0 radical (unpaired) electrons. The zero-order chi connectivity index (χ0) is 21.9. The Balaban J connectivity index is 1.96. The third kappa shape index (κ3) is 7.48. The molecule has 0 aliphatic rings. The maximum absolute atomic E-state index is 14.0. The summed E-state index contributed by atoms with van der Waals surface area (Å²) in [5.41, 5.74) is 1.44. The summed E-state index contributed by atoms with van der Waals surface area (Å²) in [6, 6.07) is 9.77. The zero-order valence-corrected chi connectivity index (χ0v) is 18.2. The number of carbonyl (C=O) groups is 1.